The molecule has 14 aromatic carbocycles. The molecule has 0 atom stereocenters. The molecule has 0 saturated carbocycles. The number of hydrogen-bond donors (Lipinski definition) is 1. The molecule has 0 bridgehead atoms. The summed E-state index contributed by atoms with van der Waals surface area (Å²) >= 11 is 3.68. The number of alkyl halides is 1. The Morgan fingerprint density at radius 2 is 0.847 bits per heavy atom. The third-order valence-corrected chi connectivity index (χ3v) is 21.1. The number of carbonyl (C=O) groups is 1. The molecule has 0 unspecified atom stereocenters. The number of aromatic nitrogens is 8. The van der Waals surface area contributed by atoms with Gasteiger partial charge < -0.3 is 30.0 Å². The normalized spacial score (nSPS) is 12.5. The van der Waals surface area contributed by atoms with E-state index < -0.39 is 61.3 Å². The molecule has 8 aromatic heterocycles. The number of aromatic amines is 1. The SMILES string of the molecule is O=CO[O-].[2H]CF.[2H]c1c([2H])c([2H])c(-c2nc(-c3ccccc3)nc(-c3ccc4c(c3)oc3c(-n5c6ccccc6c6ccc7c8ccccc8sc7c65)cccc34)n2)c([2H])c1[2H].[2H]c1c([2H])c([2H])c(-c2nc(-c3ccccc3)nc(-c3ccc4c(c3)oc3c(F)cccc34)n2)c([2H])c1[2H].[Cs+].[Cs+].[H-].c1ccc2c(c1)[nH]c1c2ccc2c3ccccc3sc21. The molecule has 0 amide bonds. The van der Waals surface area contributed by atoms with Crippen molar-refractivity contribution in [2.24, 2.45) is 0 Å². The minimum absolute atomic E-state index is 0. The van der Waals surface area contributed by atoms with Gasteiger partial charge in [0.05, 0.1) is 53.9 Å². The Morgan fingerprint density at radius 1 is 0.432 bits per heavy atom. The number of para-hydroxylation sites is 4. The molecule has 0 aliphatic rings. The number of hydrogen-bond acceptors (Lipinski definition) is 13. The van der Waals surface area contributed by atoms with E-state index in [0.717, 1.165) is 43.8 Å². The monoisotopic (exact) mass is 1730 g/mol. The molecule has 0 radical (unpaired) electrons. The van der Waals surface area contributed by atoms with Crippen molar-refractivity contribution in [3.63, 3.8) is 0 Å². The Kier molecular flexibility index (Phi) is 18.8. The first kappa shape index (κ1) is 62.7. The first-order valence-corrected chi connectivity index (χ1v) is 35.6. The largest absolute Gasteiger partial charge is 1.00 e. The van der Waals surface area contributed by atoms with Crippen LogP contribution in [0.25, 0.3) is 202 Å². The molecule has 19 heteroatoms. The first-order valence-electron chi connectivity index (χ1n) is 39.7. The number of nitrogens with zero attached hydrogens (tertiary/aromatic N) is 7. The van der Waals surface area contributed by atoms with Crippen LogP contribution in [0.2, 0.25) is 0 Å². The summed E-state index contributed by atoms with van der Waals surface area (Å²) < 4.78 is 133. The maximum Gasteiger partial charge on any atom is 1.00 e. The van der Waals surface area contributed by atoms with Crippen LogP contribution in [-0.2, 0) is 9.68 Å². The predicted octanol–water partition coefficient (Wildman–Crippen LogP) is 18.0. The molecule has 0 aliphatic carbocycles. The first-order chi connectivity index (χ1) is 58.4. The summed E-state index contributed by atoms with van der Waals surface area (Å²) in [4.78, 5) is 42.6. The van der Waals surface area contributed by atoms with Crippen molar-refractivity contribution in [1.82, 2.24) is 39.5 Å². The van der Waals surface area contributed by atoms with E-state index in [0.29, 0.717) is 44.6 Å². The van der Waals surface area contributed by atoms with E-state index in [1.54, 1.807) is 53.8 Å². The Hall–Kier alpha value is -9.87. The van der Waals surface area contributed by atoms with Gasteiger partial charge in [0.25, 0.3) is 6.47 Å². The molecule has 0 fully saturated rings. The number of furan rings is 2. The van der Waals surface area contributed by atoms with Gasteiger partial charge in [0, 0.05) is 113 Å². The molecule has 0 aliphatic heterocycles. The number of thiophene rings is 2. The molecule has 1 N–H and O–H groups in total. The smallest absolute Gasteiger partial charge is 1.00 e. The molecule has 524 valence electrons. The number of H-pyrrole nitrogens is 1. The fraction of sp³-hybridized carbons (Fsp3) is 0.0109. The van der Waals surface area contributed by atoms with Gasteiger partial charge in [0.1, 0.15) is 11.2 Å². The fourth-order valence-corrected chi connectivity index (χ4v) is 16.4. The van der Waals surface area contributed by atoms with Gasteiger partial charge in [0.15, 0.2) is 51.9 Å². The minimum Gasteiger partial charge on any atom is -1.00 e. The number of halogens is 2. The second-order valence-electron chi connectivity index (χ2n) is 24.9. The molecule has 0 saturated heterocycles. The van der Waals surface area contributed by atoms with E-state index in [4.69, 9.17) is 43.9 Å². The van der Waals surface area contributed by atoms with E-state index in [2.05, 4.69) is 174 Å². The molecule has 22 rings (SSSR count). The van der Waals surface area contributed by atoms with Crippen molar-refractivity contribution in [2.45, 2.75) is 0 Å². The maximum absolute atomic E-state index is 14.3. The maximum atomic E-state index is 14.3. The van der Waals surface area contributed by atoms with E-state index in [9.17, 15) is 8.78 Å². The zero-order valence-corrected chi connectivity index (χ0v) is 73.0. The quantitative estimate of drug-likeness (QED) is 0.0871. The number of benzene rings is 14. The van der Waals surface area contributed by atoms with Crippen molar-refractivity contribution >= 4 is 157 Å². The van der Waals surface area contributed by atoms with Crippen LogP contribution in [0.3, 0.4) is 0 Å². The third-order valence-electron chi connectivity index (χ3n) is 18.7. The average molecular weight is 1730 g/mol. The van der Waals surface area contributed by atoms with Gasteiger partial charge in [-0.15, -0.1) is 22.7 Å². The summed E-state index contributed by atoms with van der Waals surface area (Å²) in [5.74, 6) is 0.515. The summed E-state index contributed by atoms with van der Waals surface area (Å²) in [5, 5.41) is 21.8. The van der Waals surface area contributed by atoms with Crippen molar-refractivity contribution in [1.29, 1.82) is 0 Å². The van der Waals surface area contributed by atoms with Gasteiger partial charge in [-0.3, -0.25) is 9.18 Å². The molecular formula is C92H58Cs2F2N8O5S2. The summed E-state index contributed by atoms with van der Waals surface area (Å²) in [5.41, 5.74) is 9.85. The topological polar surface area (TPSA) is 174 Å². The minimum atomic E-state index is -1.00. The van der Waals surface area contributed by atoms with Crippen molar-refractivity contribution < 1.29 is 187 Å². The van der Waals surface area contributed by atoms with E-state index in [1.807, 2.05) is 78.1 Å². The van der Waals surface area contributed by atoms with Crippen LogP contribution in [0.1, 0.15) is 16.5 Å². The number of rotatable bonds is 8. The standard InChI is InChI=1S/C45H26N4OS.C27H16FN3O.C18H11NS.CH3F.CH2O3.2Cs.H/c1-3-12-27(13-4-1)43-46-44(28-14-5-2-6-15-28)48-45(47-43)29-22-23-31-34-18-11-20-37(41(34)50-38(31)26-29)49-36-19-9-7-16-30(36)33-24-25-35-32-17-8-10-21-39(32)51-42(35)40(33)49;28-22-13-7-12-21-20-15-14-19(16-23(20)32-24(21)22)27-30-25(17-8-3-1-4-9-17)29-26(31-27)18-10-5-2-6-11-18;1-3-7-15-11(5-1)13-9-10-14-12-6-2-4-8-16(12)20-18(14)17(13)19-15;1-2;2-1-4-3;;;/h1-26H;1-16H;1-10,19H;1H3;1,3H;;;/q;;;;;2*+1;-1/p-1/i1D,3D,4D,12D,13D;1D,3D,4D,8D,9D;;1D;;;;. The zero-order chi connectivity index (χ0) is 82.9. The number of fused-ring (bicyclic) bond motifs is 20. The van der Waals surface area contributed by atoms with E-state index in [-0.39, 0.29) is 204 Å². The van der Waals surface area contributed by atoms with Gasteiger partial charge in [-0.05, 0) is 60.7 Å². The molecule has 111 heavy (non-hydrogen) atoms. The van der Waals surface area contributed by atoms with E-state index >= 15 is 0 Å². The van der Waals surface area contributed by atoms with Crippen LogP contribution in [0.4, 0.5) is 8.78 Å². The Morgan fingerprint density at radius 3 is 1.41 bits per heavy atom. The van der Waals surface area contributed by atoms with Gasteiger partial charge in [-0.25, -0.2) is 34.3 Å². The third kappa shape index (κ3) is 14.4. The predicted molar refractivity (Wildman–Crippen MR) is 438 cm³/mol. The summed E-state index contributed by atoms with van der Waals surface area (Å²) in [6.07, 6.45) is 0. The van der Waals surface area contributed by atoms with Crippen LogP contribution in [0, 0.1) is 5.82 Å². The van der Waals surface area contributed by atoms with Crippen LogP contribution in [0.15, 0.2) is 324 Å². The van der Waals surface area contributed by atoms with Crippen LogP contribution in [-0.4, -0.2) is 53.1 Å². The molecule has 22 aromatic rings. The molecular weight excluding hydrogens is 1670 g/mol. The van der Waals surface area contributed by atoms with Gasteiger partial charge >= 0.3 is 138 Å². The molecule has 8 heterocycles. The Bertz CT molecular complexity index is 7760. The molecule has 13 nitrogen and oxygen atoms in total. The van der Waals surface area contributed by atoms with Crippen molar-refractivity contribution in [2.75, 3.05) is 7.15 Å². The summed E-state index contributed by atoms with van der Waals surface area (Å²) in [6, 6.07) is 79.1. The Balaban J connectivity index is 0.000000150. The number of carbonyl (C=O) groups excluding carboxylic acids is 1. The van der Waals surface area contributed by atoms with Crippen LogP contribution in [0.5, 0.6) is 0 Å². The fourth-order valence-electron chi connectivity index (χ4n) is 14.0. The zero-order valence-electron chi connectivity index (χ0n) is 70.8. The second kappa shape index (κ2) is 33.2. The molecule has 0 spiro atoms. The van der Waals surface area contributed by atoms with Gasteiger partial charge in [-0.1, -0.05) is 255 Å². The summed E-state index contributed by atoms with van der Waals surface area (Å²) in [7, 11) is -1.00. The summed E-state index contributed by atoms with van der Waals surface area (Å²) in [6.45, 7) is -0.181. The van der Waals surface area contributed by atoms with Crippen molar-refractivity contribution in [3.05, 3.63) is 321 Å². The van der Waals surface area contributed by atoms with E-state index in [1.165, 1.54) is 73.6 Å². The average Bonchev–Trinajstić information content (AvgIpc) is 1.56. The Labute approximate surface area is 775 Å². The van der Waals surface area contributed by atoms with Gasteiger partial charge in [-0.2, -0.15) is 0 Å². The van der Waals surface area contributed by atoms with Crippen LogP contribution >= 0.6 is 22.7 Å². The number of nitrogens with one attached hydrogen (secondary N) is 1. The van der Waals surface area contributed by atoms with Gasteiger partial charge in [0.2, 0.25) is 0 Å². The second-order valence-corrected chi connectivity index (χ2v) is 27.0. The van der Waals surface area contributed by atoms with Crippen LogP contribution < -0.4 is 143 Å². The van der Waals surface area contributed by atoms with Crippen molar-refractivity contribution in [3.8, 4) is 74.0 Å².